The summed E-state index contributed by atoms with van der Waals surface area (Å²) in [4.78, 5) is 27.3. The molecule has 0 bridgehead atoms. The van der Waals surface area contributed by atoms with E-state index in [1.807, 2.05) is 11.8 Å². The Bertz CT molecular complexity index is 342. The van der Waals surface area contributed by atoms with Gasteiger partial charge < -0.3 is 14.7 Å². The van der Waals surface area contributed by atoms with Gasteiger partial charge in [0.05, 0.1) is 19.3 Å². The summed E-state index contributed by atoms with van der Waals surface area (Å²) < 4.78 is 5.23. The number of carbonyl (C=O) groups excluding carboxylic acids is 1. The van der Waals surface area contributed by atoms with Crippen molar-refractivity contribution in [1.82, 2.24) is 9.80 Å². The standard InChI is InChI=1S/C13H22N2O4/c1-10(12(16)14-6-8-19-9-7-14)15-5-3-2-4-11(15)13(17)18/h10-11H,2-9H2,1H3,(H,17,18). The first-order chi connectivity index (χ1) is 9.11. The van der Waals surface area contributed by atoms with Gasteiger partial charge in [-0.25, -0.2) is 0 Å². The molecule has 19 heavy (non-hydrogen) atoms. The molecular weight excluding hydrogens is 248 g/mol. The van der Waals surface area contributed by atoms with Crippen LogP contribution >= 0.6 is 0 Å². The molecule has 0 aromatic rings. The van der Waals surface area contributed by atoms with Crippen molar-refractivity contribution in [2.75, 3.05) is 32.8 Å². The fraction of sp³-hybridized carbons (Fsp3) is 0.846. The highest BCUT2D eigenvalue weighted by Gasteiger charge is 2.36. The molecule has 6 heteroatoms. The van der Waals surface area contributed by atoms with E-state index in [-0.39, 0.29) is 11.9 Å². The molecule has 2 rings (SSSR count). The van der Waals surface area contributed by atoms with Crippen LogP contribution in [0.4, 0.5) is 0 Å². The number of carbonyl (C=O) groups is 2. The molecule has 2 unspecified atom stereocenters. The van der Waals surface area contributed by atoms with E-state index in [9.17, 15) is 14.7 Å². The monoisotopic (exact) mass is 270 g/mol. The number of likely N-dealkylation sites (tertiary alicyclic amines) is 1. The van der Waals surface area contributed by atoms with E-state index in [0.717, 1.165) is 12.8 Å². The maximum atomic E-state index is 12.4. The molecule has 2 atom stereocenters. The van der Waals surface area contributed by atoms with Crippen LogP contribution in [-0.4, -0.2) is 71.7 Å². The number of hydrogen-bond donors (Lipinski definition) is 1. The molecule has 2 aliphatic heterocycles. The number of amides is 1. The van der Waals surface area contributed by atoms with E-state index in [0.29, 0.717) is 39.3 Å². The fourth-order valence-corrected chi connectivity index (χ4v) is 2.87. The second kappa shape index (κ2) is 6.34. The average molecular weight is 270 g/mol. The number of nitrogens with zero attached hydrogens (tertiary/aromatic N) is 2. The smallest absolute Gasteiger partial charge is 0.320 e. The van der Waals surface area contributed by atoms with E-state index in [1.54, 1.807) is 4.90 Å². The van der Waals surface area contributed by atoms with E-state index in [2.05, 4.69) is 0 Å². The summed E-state index contributed by atoms with van der Waals surface area (Å²) in [6.07, 6.45) is 2.52. The van der Waals surface area contributed by atoms with Crippen LogP contribution in [0.2, 0.25) is 0 Å². The Morgan fingerprint density at radius 2 is 1.89 bits per heavy atom. The molecule has 2 fully saturated rings. The largest absolute Gasteiger partial charge is 0.480 e. The van der Waals surface area contributed by atoms with Gasteiger partial charge in [-0.3, -0.25) is 14.5 Å². The first-order valence-corrected chi connectivity index (χ1v) is 6.96. The van der Waals surface area contributed by atoms with Crippen LogP contribution in [0.1, 0.15) is 26.2 Å². The Balaban J connectivity index is 2.01. The van der Waals surface area contributed by atoms with Gasteiger partial charge in [0.25, 0.3) is 0 Å². The number of hydrogen-bond acceptors (Lipinski definition) is 4. The Kier molecular flexibility index (Phi) is 4.76. The predicted molar refractivity (Wildman–Crippen MR) is 68.8 cm³/mol. The zero-order chi connectivity index (χ0) is 13.8. The quantitative estimate of drug-likeness (QED) is 0.792. The third-order valence-electron chi connectivity index (χ3n) is 4.01. The summed E-state index contributed by atoms with van der Waals surface area (Å²) in [5.41, 5.74) is 0. The molecule has 2 heterocycles. The van der Waals surface area contributed by atoms with E-state index in [4.69, 9.17) is 4.74 Å². The first kappa shape index (κ1) is 14.3. The maximum Gasteiger partial charge on any atom is 0.320 e. The van der Waals surface area contributed by atoms with Gasteiger partial charge in [-0.05, 0) is 26.3 Å². The van der Waals surface area contributed by atoms with E-state index < -0.39 is 12.0 Å². The summed E-state index contributed by atoms with van der Waals surface area (Å²) in [5.74, 6) is -0.794. The van der Waals surface area contributed by atoms with Gasteiger partial charge in [-0.1, -0.05) is 6.42 Å². The Morgan fingerprint density at radius 1 is 1.21 bits per heavy atom. The number of ether oxygens (including phenoxy) is 1. The number of piperidine rings is 1. The molecule has 0 spiro atoms. The fourth-order valence-electron chi connectivity index (χ4n) is 2.87. The molecule has 0 saturated carbocycles. The Labute approximate surface area is 113 Å². The normalized spacial score (nSPS) is 27.0. The van der Waals surface area contributed by atoms with Crippen molar-refractivity contribution >= 4 is 11.9 Å². The molecule has 0 aromatic heterocycles. The van der Waals surface area contributed by atoms with Crippen LogP contribution < -0.4 is 0 Å². The minimum atomic E-state index is -0.818. The lowest BCUT2D eigenvalue weighted by Crippen LogP contribution is -2.56. The molecule has 108 valence electrons. The molecule has 1 N–H and O–H groups in total. The van der Waals surface area contributed by atoms with Crippen molar-refractivity contribution in [3.05, 3.63) is 0 Å². The summed E-state index contributed by atoms with van der Waals surface area (Å²) in [7, 11) is 0. The van der Waals surface area contributed by atoms with Crippen LogP contribution in [0, 0.1) is 0 Å². The number of aliphatic carboxylic acids is 1. The Hall–Kier alpha value is -1.14. The van der Waals surface area contributed by atoms with Gasteiger partial charge in [0, 0.05) is 13.1 Å². The topological polar surface area (TPSA) is 70.1 Å². The van der Waals surface area contributed by atoms with Crippen molar-refractivity contribution < 1.29 is 19.4 Å². The summed E-state index contributed by atoms with van der Waals surface area (Å²) in [6.45, 7) is 4.86. The van der Waals surface area contributed by atoms with Gasteiger partial charge in [-0.15, -0.1) is 0 Å². The highest BCUT2D eigenvalue weighted by molar-refractivity contribution is 5.83. The summed E-state index contributed by atoms with van der Waals surface area (Å²) in [5, 5.41) is 9.26. The van der Waals surface area contributed by atoms with Crippen molar-refractivity contribution in [2.45, 2.75) is 38.3 Å². The third kappa shape index (κ3) is 3.25. The lowest BCUT2D eigenvalue weighted by molar-refractivity contribution is -0.150. The minimum absolute atomic E-state index is 0.0245. The molecule has 6 nitrogen and oxygen atoms in total. The van der Waals surface area contributed by atoms with Crippen molar-refractivity contribution in [3.63, 3.8) is 0 Å². The number of carboxylic acid groups (broad SMARTS) is 1. The molecular formula is C13H22N2O4. The average Bonchev–Trinajstić information content (AvgIpc) is 2.46. The molecule has 0 aromatic carbocycles. The molecule has 2 aliphatic rings. The van der Waals surface area contributed by atoms with E-state index >= 15 is 0 Å². The van der Waals surface area contributed by atoms with Crippen molar-refractivity contribution in [3.8, 4) is 0 Å². The van der Waals surface area contributed by atoms with Gasteiger partial charge >= 0.3 is 5.97 Å². The van der Waals surface area contributed by atoms with Gasteiger partial charge in [-0.2, -0.15) is 0 Å². The van der Waals surface area contributed by atoms with Crippen LogP contribution in [0.25, 0.3) is 0 Å². The predicted octanol–water partition coefficient (Wildman–Crippen LogP) is 0.173. The molecule has 0 aliphatic carbocycles. The number of rotatable bonds is 3. The van der Waals surface area contributed by atoms with E-state index in [1.165, 1.54) is 0 Å². The van der Waals surface area contributed by atoms with Gasteiger partial charge in [0.1, 0.15) is 6.04 Å². The second-order valence-corrected chi connectivity index (χ2v) is 5.20. The van der Waals surface area contributed by atoms with Crippen LogP contribution in [0.5, 0.6) is 0 Å². The highest BCUT2D eigenvalue weighted by Crippen LogP contribution is 2.21. The minimum Gasteiger partial charge on any atom is -0.480 e. The third-order valence-corrected chi connectivity index (χ3v) is 4.01. The lowest BCUT2D eigenvalue weighted by atomic mass is 9.99. The SMILES string of the molecule is CC(C(=O)N1CCOCC1)N1CCCCC1C(=O)O. The van der Waals surface area contributed by atoms with Crippen molar-refractivity contribution in [2.24, 2.45) is 0 Å². The van der Waals surface area contributed by atoms with Crippen LogP contribution in [0.15, 0.2) is 0 Å². The summed E-state index contributed by atoms with van der Waals surface area (Å²) in [6, 6.07) is -0.881. The maximum absolute atomic E-state index is 12.4. The van der Waals surface area contributed by atoms with Crippen molar-refractivity contribution in [1.29, 1.82) is 0 Å². The summed E-state index contributed by atoms with van der Waals surface area (Å²) >= 11 is 0. The van der Waals surface area contributed by atoms with Gasteiger partial charge in [0.2, 0.25) is 5.91 Å². The zero-order valence-electron chi connectivity index (χ0n) is 11.4. The van der Waals surface area contributed by atoms with Gasteiger partial charge in [0.15, 0.2) is 0 Å². The first-order valence-electron chi connectivity index (χ1n) is 6.96. The molecule has 1 amide bonds. The number of morpholine rings is 1. The second-order valence-electron chi connectivity index (χ2n) is 5.20. The Morgan fingerprint density at radius 3 is 2.53 bits per heavy atom. The lowest BCUT2D eigenvalue weighted by Gasteiger charge is -2.39. The number of carboxylic acids is 1. The molecule has 2 saturated heterocycles. The van der Waals surface area contributed by atoms with Crippen LogP contribution in [-0.2, 0) is 14.3 Å². The molecule has 0 radical (unpaired) electrons. The zero-order valence-corrected chi connectivity index (χ0v) is 11.4. The van der Waals surface area contributed by atoms with Crippen LogP contribution in [0.3, 0.4) is 0 Å². The highest BCUT2D eigenvalue weighted by atomic mass is 16.5.